The molecule has 0 aliphatic rings. The molecule has 0 spiro atoms. The lowest BCUT2D eigenvalue weighted by atomic mass is 10.2. The van der Waals surface area contributed by atoms with Gasteiger partial charge in [-0.1, -0.05) is 23.2 Å². The van der Waals surface area contributed by atoms with Crippen LogP contribution < -0.4 is 20.6 Å². The Morgan fingerprint density at radius 2 is 1.92 bits per heavy atom. The minimum atomic E-state index is -0.595. The van der Waals surface area contributed by atoms with Crippen molar-refractivity contribution in [2.45, 2.75) is 0 Å². The molecule has 0 saturated heterocycles. The van der Waals surface area contributed by atoms with Crippen molar-refractivity contribution in [3.05, 3.63) is 57.6 Å². The standard InChI is InChI=1S/C17H15Cl2N3O4/c1-25-15-6-10(2-5-14(15)26-9-16(20)23)8-21-22-17(24)11-3-4-12(18)13(19)7-11/h2-8H,9H2,1H3,(H2,20,23)(H,22,24)/b21-8+. The van der Waals surface area contributed by atoms with E-state index < -0.39 is 11.8 Å². The van der Waals surface area contributed by atoms with Gasteiger partial charge in [0, 0.05) is 5.56 Å². The van der Waals surface area contributed by atoms with E-state index in [-0.39, 0.29) is 11.6 Å². The van der Waals surface area contributed by atoms with Crippen molar-refractivity contribution in [1.29, 1.82) is 0 Å². The van der Waals surface area contributed by atoms with Crippen LogP contribution >= 0.6 is 23.2 Å². The summed E-state index contributed by atoms with van der Waals surface area (Å²) in [5.41, 5.74) is 8.39. The number of primary amides is 1. The van der Waals surface area contributed by atoms with Crippen LogP contribution in [0.1, 0.15) is 15.9 Å². The molecule has 0 unspecified atom stereocenters. The second-order valence-electron chi connectivity index (χ2n) is 4.99. The smallest absolute Gasteiger partial charge is 0.271 e. The zero-order valence-corrected chi connectivity index (χ0v) is 15.2. The fraction of sp³-hybridized carbons (Fsp3) is 0.118. The summed E-state index contributed by atoms with van der Waals surface area (Å²) in [6, 6.07) is 9.41. The van der Waals surface area contributed by atoms with Gasteiger partial charge in [-0.2, -0.15) is 5.10 Å². The van der Waals surface area contributed by atoms with Crippen LogP contribution in [0.3, 0.4) is 0 Å². The van der Waals surface area contributed by atoms with Crippen LogP contribution in [0.2, 0.25) is 10.0 Å². The number of nitrogens with one attached hydrogen (secondary N) is 1. The van der Waals surface area contributed by atoms with E-state index in [2.05, 4.69) is 10.5 Å². The molecule has 0 aromatic heterocycles. The van der Waals surface area contributed by atoms with Crippen molar-refractivity contribution in [1.82, 2.24) is 5.43 Å². The number of halogens is 2. The third-order valence-corrected chi connectivity index (χ3v) is 3.86. The summed E-state index contributed by atoms with van der Waals surface area (Å²) < 4.78 is 10.4. The zero-order valence-electron chi connectivity index (χ0n) is 13.7. The number of benzene rings is 2. The fourth-order valence-corrected chi connectivity index (χ4v) is 2.20. The van der Waals surface area contributed by atoms with Crippen LogP contribution in [0.15, 0.2) is 41.5 Å². The van der Waals surface area contributed by atoms with Crippen molar-refractivity contribution in [2.24, 2.45) is 10.8 Å². The molecule has 2 aromatic carbocycles. The van der Waals surface area contributed by atoms with Crippen molar-refractivity contribution < 1.29 is 19.1 Å². The molecular weight excluding hydrogens is 381 g/mol. The molecule has 0 saturated carbocycles. The molecule has 26 heavy (non-hydrogen) atoms. The SMILES string of the molecule is COc1cc(/C=N/NC(=O)c2ccc(Cl)c(Cl)c2)ccc1OCC(N)=O. The summed E-state index contributed by atoms with van der Waals surface area (Å²) in [5, 5.41) is 4.51. The van der Waals surface area contributed by atoms with Gasteiger partial charge in [0.1, 0.15) is 0 Å². The number of methoxy groups -OCH3 is 1. The van der Waals surface area contributed by atoms with Gasteiger partial charge in [0.15, 0.2) is 18.1 Å². The van der Waals surface area contributed by atoms with Gasteiger partial charge in [-0.15, -0.1) is 0 Å². The van der Waals surface area contributed by atoms with Crippen LogP contribution in [0.25, 0.3) is 0 Å². The highest BCUT2D eigenvalue weighted by Gasteiger charge is 2.08. The molecule has 2 aromatic rings. The van der Waals surface area contributed by atoms with E-state index in [0.29, 0.717) is 27.6 Å². The lowest BCUT2D eigenvalue weighted by molar-refractivity contribution is -0.119. The van der Waals surface area contributed by atoms with Crippen molar-refractivity contribution in [3.63, 3.8) is 0 Å². The van der Waals surface area contributed by atoms with Gasteiger partial charge in [0.05, 0.1) is 23.4 Å². The topological polar surface area (TPSA) is 103 Å². The average Bonchev–Trinajstić information content (AvgIpc) is 2.62. The normalized spacial score (nSPS) is 10.6. The van der Waals surface area contributed by atoms with E-state index in [0.717, 1.165) is 0 Å². The first-order chi connectivity index (χ1) is 12.4. The summed E-state index contributed by atoms with van der Waals surface area (Å²) in [7, 11) is 1.46. The average molecular weight is 396 g/mol. The summed E-state index contributed by atoms with van der Waals surface area (Å²) in [4.78, 5) is 22.8. The number of amides is 2. The van der Waals surface area contributed by atoms with Gasteiger partial charge >= 0.3 is 0 Å². The van der Waals surface area contributed by atoms with Gasteiger partial charge in [0.2, 0.25) is 0 Å². The Morgan fingerprint density at radius 3 is 2.58 bits per heavy atom. The molecule has 7 nitrogen and oxygen atoms in total. The van der Waals surface area contributed by atoms with E-state index in [4.69, 9.17) is 38.4 Å². The van der Waals surface area contributed by atoms with Crippen LogP contribution in [0.4, 0.5) is 0 Å². The van der Waals surface area contributed by atoms with Gasteiger partial charge < -0.3 is 15.2 Å². The number of carbonyl (C=O) groups is 2. The van der Waals surface area contributed by atoms with Gasteiger partial charge in [-0.25, -0.2) is 5.43 Å². The number of rotatable bonds is 7. The third-order valence-electron chi connectivity index (χ3n) is 3.12. The van der Waals surface area contributed by atoms with Crippen molar-refractivity contribution in [2.75, 3.05) is 13.7 Å². The maximum atomic E-state index is 12.0. The molecule has 0 radical (unpaired) electrons. The maximum absolute atomic E-state index is 12.0. The second kappa shape index (κ2) is 9.07. The van der Waals surface area contributed by atoms with Crippen LogP contribution in [-0.4, -0.2) is 31.7 Å². The van der Waals surface area contributed by atoms with Crippen molar-refractivity contribution >= 4 is 41.2 Å². The Balaban J connectivity index is 2.04. The first-order valence-corrected chi connectivity index (χ1v) is 8.04. The lowest BCUT2D eigenvalue weighted by Gasteiger charge is -2.09. The number of hydrogen-bond acceptors (Lipinski definition) is 5. The van der Waals surface area contributed by atoms with Crippen LogP contribution in [-0.2, 0) is 4.79 Å². The Hall–Kier alpha value is -2.77. The molecular formula is C17H15Cl2N3O4. The summed E-state index contributed by atoms with van der Waals surface area (Å²) in [6.07, 6.45) is 1.43. The van der Waals surface area contributed by atoms with E-state index >= 15 is 0 Å². The van der Waals surface area contributed by atoms with Crippen LogP contribution in [0, 0.1) is 0 Å². The Kier molecular flexibility index (Phi) is 6.82. The summed E-state index contributed by atoms with van der Waals surface area (Å²) in [5.74, 6) is -0.273. The molecule has 136 valence electrons. The first-order valence-electron chi connectivity index (χ1n) is 7.28. The molecule has 0 aliphatic heterocycles. The largest absolute Gasteiger partial charge is 0.493 e. The van der Waals surface area contributed by atoms with E-state index in [1.165, 1.54) is 31.5 Å². The Morgan fingerprint density at radius 1 is 1.15 bits per heavy atom. The zero-order chi connectivity index (χ0) is 19.1. The highest BCUT2D eigenvalue weighted by atomic mass is 35.5. The minimum absolute atomic E-state index is 0.260. The molecule has 0 fully saturated rings. The van der Waals surface area contributed by atoms with E-state index in [1.54, 1.807) is 18.2 Å². The van der Waals surface area contributed by atoms with Gasteiger partial charge in [0.25, 0.3) is 11.8 Å². The lowest BCUT2D eigenvalue weighted by Crippen LogP contribution is -2.20. The summed E-state index contributed by atoms with van der Waals surface area (Å²) in [6.45, 7) is -0.260. The number of nitrogens with zero attached hydrogens (tertiary/aromatic N) is 1. The molecule has 0 heterocycles. The molecule has 3 N–H and O–H groups in total. The maximum Gasteiger partial charge on any atom is 0.271 e. The third kappa shape index (κ3) is 5.37. The number of ether oxygens (including phenoxy) is 2. The monoisotopic (exact) mass is 395 g/mol. The Bertz CT molecular complexity index is 856. The Labute approximate surface area is 159 Å². The molecule has 9 heteroatoms. The number of hydrogen-bond donors (Lipinski definition) is 2. The van der Waals surface area contributed by atoms with Gasteiger partial charge in [-0.05, 0) is 42.0 Å². The van der Waals surface area contributed by atoms with E-state index in [9.17, 15) is 9.59 Å². The van der Waals surface area contributed by atoms with E-state index in [1.807, 2.05) is 0 Å². The fourth-order valence-electron chi connectivity index (χ4n) is 1.90. The predicted molar refractivity (Wildman–Crippen MR) is 99.2 cm³/mol. The van der Waals surface area contributed by atoms with Gasteiger partial charge in [-0.3, -0.25) is 9.59 Å². The summed E-state index contributed by atoms with van der Waals surface area (Å²) >= 11 is 11.7. The highest BCUT2D eigenvalue weighted by Crippen LogP contribution is 2.27. The number of nitrogens with two attached hydrogens (primary N) is 1. The minimum Gasteiger partial charge on any atom is -0.493 e. The molecule has 2 amide bonds. The number of hydrazone groups is 1. The second-order valence-corrected chi connectivity index (χ2v) is 5.81. The quantitative estimate of drug-likeness (QED) is 0.555. The molecule has 2 rings (SSSR count). The van der Waals surface area contributed by atoms with Crippen molar-refractivity contribution in [3.8, 4) is 11.5 Å². The molecule has 0 bridgehead atoms. The number of carbonyl (C=O) groups excluding carboxylic acids is 2. The van der Waals surface area contributed by atoms with Crippen LogP contribution in [0.5, 0.6) is 11.5 Å². The predicted octanol–water partition coefficient (Wildman–Crippen LogP) is 2.63. The first kappa shape index (κ1) is 19.6. The molecule has 0 atom stereocenters. The highest BCUT2D eigenvalue weighted by molar-refractivity contribution is 6.42. The molecule has 0 aliphatic carbocycles.